The number of rotatable bonds is 1. The Hall–Kier alpha value is -1.94. The fourth-order valence-electron chi connectivity index (χ4n) is 1.76. The van der Waals surface area contributed by atoms with Gasteiger partial charge in [-0.05, 0) is 24.6 Å². The number of hydrogen-bond acceptors (Lipinski definition) is 3. The molecule has 0 aliphatic rings. The number of aryl methyl sites for hydroxylation is 1. The van der Waals surface area contributed by atoms with Crippen LogP contribution >= 0.6 is 11.6 Å². The minimum atomic E-state index is 0.423. The molecule has 0 amide bonds. The van der Waals surface area contributed by atoms with Gasteiger partial charge >= 0.3 is 0 Å². The molecule has 0 spiro atoms. The zero-order valence-corrected chi connectivity index (χ0v) is 9.89. The van der Waals surface area contributed by atoms with Crippen molar-refractivity contribution in [2.24, 2.45) is 0 Å². The van der Waals surface area contributed by atoms with Gasteiger partial charge in [0.25, 0.3) is 0 Å². The van der Waals surface area contributed by atoms with E-state index < -0.39 is 0 Å². The topological polar surface area (TPSA) is 43.1 Å². The Morgan fingerprint density at radius 3 is 2.71 bits per heavy atom. The van der Waals surface area contributed by atoms with Crippen LogP contribution in [-0.4, -0.2) is 19.8 Å². The Balaban J connectivity index is 2.31. The van der Waals surface area contributed by atoms with E-state index in [4.69, 9.17) is 11.6 Å². The van der Waals surface area contributed by atoms with Gasteiger partial charge in [-0.1, -0.05) is 35.9 Å². The van der Waals surface area contributed by atoms with Crippen molar-refractivity contribution in [1.82, 2.24) is 19.8 Å². The maximum atomic E-state index is 5.89. The van der Waals surface area contributed by atoms with E-state index in [1.807, 2.05) is 31.2 Å². The summed E-state index contributed by atoms with van der Waals surface area (Å²) in [7, 11) is 0. The summed E-state index contributed by atoms with van der Waals surface area (Å²) in [5, 5.41) is 12.9. The third-order valence-electron chi connectivity index (χ3n) is 2.62. The normalized spacial score (nSPS) is 10.9. The summed E-state index contributed by atoms with van der Waals surface area (Å²) in [5.74, 6) is 0.709. The summed E-state index contributed by atoms with van der Waals surface area (Å²) < 4.78 is 1.66. The molecule has 17 heavy (non-hydrogen) atoms. The molecule has 84 valence electrons. The van der Waals surface area contributed by atoms with Gasteiger partial charge in [0.2, 0.25) is 0 Å². The highest BCUT2D eigenvalue weighted by Crippen LogP contribution is 2.21. The van der Waals surface area contributed by atoms with Crippen LogP contribution in [0.3, 0.4) is 0 Å². The molecule has 0 saturated heterocycles. The first-order valence-corrected chi connectivity index (χ1v) is 5.57. The van der Waals surface area contributed by atoms with Gasteiger partial charge in [-0.15, -0.1) is 10.2 Å². The fraction of sp³-hybridized carbons (Fsp3) is 0.0833. The molecule has 0 aliphatic heterocycles. The lowest BCUT2D eigenvalue weighted by Gasteiger charge is -2.02. The SMILES string of the molecule is Cc1ccccc1-c1nnc2ccc(Cl)nn12. The standard InChI is InChI=1S/C12H9ClN4/c1-8-4-2-3-5-9(8)12-15-14-11-7-6-10(13)16-17(11)12/h2-7H,1H3. The Morgan fingerprint density at radius 2 is 1.88 bits per heavy atom. The summed E-state index contributed by atoms with van der Waals surface area (Å²) in [6, 6.07) is 11.5. The minimum Gasteiger partial charge on any atom is -0.191 e. The molecule has 0 fully saturated rings. The van der Waals surface area contributed by atoms with Crippen molar-refractivity contribution in [3.8, 4) is 11.4 Å². The summed E-state index contributed by atoms with van der Waals surface area (Å²) in [6.45, 7) is 2.03. The van der Waals surface area contributed by atoms with Crippen molar-refractivity contribution >= 4 is 17.2 Å². The van der Waals surface area contributed by atoms with Crippen LogP contribution in [-0.2, 0) is 0 Å². The van der Waals surface area contributed by atoms with Gasteiger partial charge in [0, 0.05) is 5.56 Å². The molecule has 0 radical (unpaired) electrons. The van der Waals surface area contributed by atoms with Crippen molar-refractivity contribution < 1.29 is 0 Å². The largest absolute Gasteiger partial charge is 0.191 e. The zero-order chi connectivity index (χ0) is 11.8. The van der Waals surface area contributed by atoms with Gasteiger partial charge < -0.3 is 0 Å². The molecule has 0 N–H and O–H groups in total. The molecule has 0 bridgehead atoms. The number of halogens is 1. The second kappa shape index (κ2) is 3.82. The Morgan fingerprint density at radius 1 is 1.06 bits per heavy atom. The predicted molar refractivity (Wildman–Crippen MR) is 66.0 cm³/mol. The molecular formula is C12H9ClN4. The summed E-state index contributed by atoms with van der Waals surface area (Å²) in [4.78, 5) is 0. The third kappa shape index (κ3) is 1.66. The Labute approximate surface area is 103 Å². The van der Waals surface area contributed by atoms with Gasteiger partial charge in [-0.3, -0.25) is 0 Å². The molecule has 5 heteroatoms. The average molecular weight is 245 g/mol. The van der Waals surface area contributed by atoms with Crippen LogP contribution in [0.1, 0.15) is 5.56 Å². The van der Waals surface area contributed by atoms with E-state index >= 15 is 0 Å². The third-order valence-corrected chi connectivity index (χ3v) is 2.82. The molecule has 3 aromatic rings. The molecule has 0 unspecified atom stereocenters. The molecule has 2 heterocycles. The van der Waals surface area contributed by atoms with Crippen molar-refractivity contribution in [2.75, 3.05) is 0 Å². The summed E-state index contributed by atoms with van der Waals surface area (Å²) >= 11 is 5.89. The van der Waals surface area contributed by atoms with Gasteiger partial charge in [-0.2, -0.15) is 9.61 Å². The van der Waals surface area contributed by atoms with Crippen LogP contribution in [0.5, 0.6) is 0 Å². The molecule has 0 saturated carbocycles. The maximum Gasteiger partial charge on any atom is 0.185 e. The quantitative estimate of drug-likeness (QED) is 0.661. The summed E-state index contributed by atoms with van der Waals surface area (Å²) in [5.41, 5.74) is 2.82. The van der Waals surface area contributed by atoms with Gasteiger partial charge in [0.05, 0.1) is 0 Å². The van der Waals surface area contributed by atoms with Crippen LogP contribution in [0, 0.1) is 6.92 Å². The van der Waals surface area contributed by atoms with Crippen LogP contribution in [0.25, 0.3) is 17.0 Å². The second-order valence-corrected chi connectivity index (χ2v) is 4.15. The molecular weight excluding hydrogens is 236 g/mol. The number of fused-ring (bicyclic) bond motifs is 1. The Bertz CT molecular complexity index is 690. The van der Waals surface area contributed by atoms with Crippen molar-refractivity contribution in [3.63, 3.8) is 0 Å². The minimum absolute atomic E-state index is 0.423. The highest BCUT2D eigenvalue weighted by molar-refractivity contribution is 6.29. The molecule has 4 nitrogen and oxygen atoms in total. The lowest BCUT2D eigenvalue weighted by Crippen LogP contribution is -1.96. The highest BCUT2D eigenvalue weighted by Gasteiger charge is 2.10. The molecule has 1 aromatic carbocycles. The zero-order valence-electron chi connectivity index (χ0n) is 9.13. The second-order valence-electron chi connectivity index (χ2n) is 3.76. The van der Waals surface area contributed by atoms with E-state index in [1.54, 1.807) is 16.6 Å². The van der Waals surface area contributed by atoms with E-state index in [1.165, 1.54) is 0 Å². The van der Waals surface area contributed by atoms with Crippen molar-refractivity contribution in [1.29, 1.82) is 0 Å². The lowest BCUT2D eigenvalue weighted by atomic mass is 10.1. The van der Waals surface area contributed by atoms with Crippen molar-refractivity contribution in [2.45, 2.75) is 6.92 Å². The molecule has 0 atom stereocenters. The molecule has 2 aromatic heterocycles. The smallest absolute Gasteiger partial charge is 0.185 e. The average Bonchev–Trinajstić information content (AvgIpc) is 2.72. The Kier molecular flexibility index (Phi) is 2.30. The van der Waals surface area contributed by atoms with Gasteiger partial charge in [-0.25, -0.2) is 0 Å². The first-order chi connectivity index (χ1) is 8.25. The summed E-state index contributed by atoms with van der Waals surface area (Å²) in [6.07, 6.45) is 0. The van der Waals surface area contributed by atoms with E-state index in [0.717, 1.165) is 11.1 Å². The maximum absolute atomic E-state index is 5.89. The predicted octanol–water partition coefficient (Wildman–Crippen LogP) is 2.75. The number of hydrogen-bond donors (Lipinski definition) is 0. The lowest BCUT2D eigenvalue weighted by molar-refractivity contribution is 0.935. The van der Waals surface area contributed by atoms with Crippen LogP contribution < -0.4 is 0 Å². The number of nitrogens with zero attached hydrogens (tertiary/aromatic N) is 4. The highest BCUT2D eigenvalue weighted by atomic mass is 35.5. The van der Waals surface area contributed by atoms with Gasteiger partial charge in [0.15, 0.2) is 11.5 Å². The molecule has 0 aliphatic carbocycles. The number of aromatic nitrogens is 4. The first-order valence-electron chi connectivity index (χ1n) is 5.20. The van der Waals surface area contributed by atoms with Crippen LogP contribution in [0.15, 0.2) is 36.4 Å². The van der Waals surface area contributed by atoms with Crippen LogP contribution in [0.2, 0.25) is 5.15 Å². The van der Waals surface area contributed by atoms with Gasteiger partial charge in [0.1, 0.15) is 5.15 Å². The fourth-order valence-corrected chi connectivity index (χ4v) is 1.90. The monoisotopic (exact) mass is 244 g/mol. The van der Waals surface area contributed by atoms with E-state index in [-0.39, 0.29) is 0 Å². The van der Waals surface area contributed by atoms with Crippen LogP contribution in [0.4, 0.5) is 0 Å². The van der Waals surface area contributed by atoms with Crippen molar-refractivity contribution in [3.05, 3.63) is 47.1 Å². The van der Waals surface area contributed by atoms with E-state index in [0.29, 0.717) is 16.6 Å². The number of benzene rings is 1. The van der Waals surface area contributed by atoms with E-state index in [2.05, 4.69) is 15.3 Å². The first kappa shape index (κ1) is 10.2. The van der Waals surface area contributed by atoms with E-state index in [9.17, 15) is 0 Å². The molecule has 3 rings (SSSR count).